The molecule has 3 nitrogen and oxygen atoms in total. The van der Waals surface area contributed by atoms with Crippen molar-refractivity contribution in [3.8, 4) is 0 Å². The first-order chi connectivity index (χ1) is 8.03. The minimum atomic E-state index is -0.0434. The van der Waals surface area contributed by atoms with Gasteiger partial charge < -0.3 is 9.30 Å². The third kappa shape index (κ3) is 2.71. The molecule has 17 heavy (non-hydrogen) atoms. The molecule has 0 atom stereocenters. The van der Waals surface area contributed by atoms with E-state index in [1.807, 2.05) is 0 Å². The molecule has 0 fully saturated rings. The molecule has 1 aromatic heterocycles. The zero-order chi connectivity index (χ0) is 12.5. The maximum Gasteiger partial charge on any atom is 0.106 e. The van der Waals surface area contributed by atoms with Gasteiger partial charge in [-0.2, -0.15) is 0 Å². The number of ether oxygens (including phenoxy) is 1. The standard InChI is InChI=1S/C14H24N2O/c1-11-15-12-7-5-6-8-13(12)16(11)10-9-14(2,3)17-4/h5-10H2,1-4H3. The van der Waals surface area contributed by atoms with Gasteiger partial charge in [0.2, 0.25) is 0 Å². The molecule has 0 unspecified atom stereocenters. The number of aryl methyl sites for hydroxylation is 2. The van der Waals surface area contributed by atoms with E-state index >= 15 is 0 Å². The molecule has 1 aromatic rings. The van der Waals surface area contributed by atoms with Gasteiger partial charge in [0, 0.05) is 19.3 Å². The number of rotatable bonds is 4. The molecule has 0 saturated carbocycles. The van der Waals surface area contributed by atoms with E-state index in [0.29, 0.717) is 0 Å². The van der Waals surface area contributed by atoms with E-state index in [1.165, 1.54) is 36.5 Å². The molecule has 0 spiro atoms. The van der Waals surface area contributed by atoms with Crippen LogP contribution in [-0.2, 0) is 24.1 Å². The van der Waals surface area contributed by atoms with Crippen molar-refractivity contribution >= 4 is 0 Å². The quantitative estimate of drug-likeness (QED) is 0.803. The second-order valence-corrected chi connectivity index (χ2v) is 5.62. The molecule has 0 saturated heterocycles. The molecule has 1 heterocycles. The molecule has 0 aliphatic heterocycles. The summed E-state index contributed by atoms with van der Waals surface area (Å²) in [4.78, 5) is 4.70. The van der Waals surface area contributed by atoms with E-state index < -0.39 is 0 Å². The fourth-order valence-electron chi connectivity index (χ4n) is 2.52. The van der Waals surface area contributed by atoms with Crippen LogP contribution in [0.1, 0.15) is 50.3 Å². The van der Waals surface area contributed by atoms with Gasteiger partial charge in [0.1, 0.15) is 5.82 Å². The highest BCUT2D eigenvalue weighted by atomic mass is 16.5. The van der Waals surface area contributed by atoms with Crippen LogP contribution in [0.15, 0.2) is 0 Å². The first-order valence-corrected chi connectivity index (χ1v) is 6.63. The predicted octanol–water partition coefficient (Wildman–Crippen LogP) is 2.89. The van der Waals surface area contributed by atoms with E-state index in [4.69, 9.17) is 9.72 Å². The first-order valence-electron chi connectivity index (χ1n) is 6.63. The number of hydrogen-bond acceptors (Lipinski definition) is 2. The van der Waals surface area contributed by atoms with E-state index in [1.54, 1.807) is 7.11 Å². The lowest BCUT2D eigenvalue weighted by atomic mass is 10.0. The average molecular weight is 236 g/mol. The average Bonchev–Trinajstić information content (AvgIpc) is 2.62. The van der Waals surface area contributed by atoms with Crippen LogP contribution in [0.2, 0.25) is 0 Å². The SMILES string of the molecule is COC(C)(C)CCn1c(C)nc2c1CCCC2. The van der Waals surface area contributed by atoms with Crippen LogP contribution in [0.3, 0.4) is 0 Å². The van der Waals surface area contributed by atoms with Crippen molar-refractivity contribution in [3.63, 3.8) is 0 Å². The van der Waals surface area contributed by atoms with Crippen LogP contribution in [0.4, 0.5) is 0 Å². The highest BCUT2D eigenvalue weighted by molar-refractivity contribution is 5.19. The highest BCUT2D eigenvalue weighted by Gasteiger charge is 2.21. The monoisotopic (exact) mass is 236 g/mol. The Bertz CT molecular complexity index is 393. The Morgan fingerprint density at radius 3 is 2.71 bits per heavy atom. The minimum absolute atomic E-state index is 0.0434. The van der Waals surface area contributed by atoms with Crippen LogP contribution in [0.5, 0.6) is 0 Å². The number of imidazole rings is 1. The number of nitrogens with zero attached hydrogens (tertiary/aromatic N) is 2. The summed E-state index contributed by atoms with van der Waals surface area (Å²) in [5.41, 5.74) is 2.77. The fourth-order valence-corrected chi connectivity index (χ4v) is 2.52. The van der Waals surface area contributed by atoms with Gasteiger partial charge in [-0.05, 0) is 52.9 Å². The number of fused-ring (bicyclic) bond motifs is 1. The van der Waals surface area contributed by atoms with Gasteiger partial charge in [-0.15, -0.1) is 0 Å². The lowest BCUT2D eigenvalue weighted by molar-refractivity contribution is 0.0118. The molecule has 0 N–H and O–H groups in total. The van der Waals surface area contributed by atoms with Crippen LogP contribution in [0, 0.1) is 6.92 Å². The van der Waals surface area contributed by atoms with E-state index in [2.05, 4.69) is 25.3 Å². The molecule has 0 radical (unpaired) electrons. The van der Waals surface area contributed by atoms with Gasteiger partial charge in [0.25, 0.3) is 0 Å². The Morgan fingerprint density at radius 1 is 1.29 bits per heavy atom. The Hall–Kier alpha value is -0.830. The van der Waals surface area contributed by atoms with Crippen molar-refractivity contribution < 1.29 is 4.74 Å². The number of hydrogen-bond donors (Lipinski definition) is 0. The van der Waals surface area contributed by atoms with E-state index in [-0.39, 0.29) is 5.60 Å². The summed E-state index contributed by atoms with van der Waals surface area (Å²) in [5, 5.41) is 0. The summed E-state index contributed by atoms with van der Waals surface area (Å²) in [6, 6.07) is 0. The summed E-state index contributed by atoms with van der Waals surface area (Å²) >= 11 is 0. The zero-order valence-corrected chi connectivity index (χ0v) is 11.5. The minimum Gasteiger partial charge on any atom is -0.379 e. The lowest BCUT2D eigenvalue weighted by Gasteiger charge is -2.24. The Kier molecular flexibility index (Phi) is 3.57. The second kappa shape index (κ2) is 4.81. The summed E-state index contributed by atoms with van der Waals surface area (Å²) in [6.07, 6.45) is 6.01. The molecule has 96 valence electrons. The van der Waals surface area contributed by atoms with Crippen molar-refractivity contribution in [1.82, 2.24) is 9.55 Å². The van der Waals surface area contributed by atoms with E-state index in [0.717, 1.165) is 19.4 Å². The third-order valence-corrected chi connectivity index (χ3v) is 3.91. The van der Waals surface area contributed by atoms with Gasteiger partial charge in [-0.3, -0.25) is 0 Å². The van der Waals surface area contributed by atoms with Gasteiger partial charge in [0.05, 0.1) is 11.3 Å². The van der Waals surface area contributed by atoms with Crippen molar-refractivity contribution in [1.29, 1.82) is 0 Å². The fraction of sp³-hybridized carbons (Fsp3) is 0.786. The highest BCUT2D eigenvalue weighted by Crippen LogP contribution is 2.24. The molecular weight excluding hydrogens is 212 g/mol. The van der Waals surface area contributed by atoms with Gasteiger partial charge in [0.15, 0.2) is 0 Å². The maximum absolute atomic E-state index is 5.49. The molecule has 1 aliphatic rings. The molecule has 2 rings (SSSR count). The van der Waals surface area contributed by atoms with E-state index in [9.17, 15) is 0 Å². The normalized spacial score (nSPS) is 16.0. The first kappa shape index (κ1) is 12.6. The smallest absolute Gasteiger partial charge is 0.106 e. The summed E-state index contributed by atoms with van der Waals surface area (Å²) in [6.45, 7) is 7.44. The van der Waals surface area contributed by atoms with Crippen LogP contribution in [-0.4, -0.2) is 22.3 Å². The topological polar surface area (TPSA) is 27.1 Å². The largest absolute Gasteiger partial charge is 0.379 e. The van der Waals surface area contributed by atoms with Gasteiger partial charge in [-0.25, -0.2) is 4.98 Å². The van der Waals surface area contributed by atoms with Crippen molar-refractivity contribution in [3.05, 3.63) is 17.2 Å². The molecule has 0 amide bonds. The van der Waals surface area contributed by atoms with Crippen molar-refractivity contribution in [2.24, 2.45) is 0 Å². The molecule has 0 bridgehead atoms. The maximum atomic E-state index is 5.49. The van der Waals surface area contributed by atoms with Crippen LogP contribution < -0.4 is 0 Å². The number of methoxy groups -OCH3 is 1. The summed E-state index contributed by atoms with van der Waals surface area (Å²) in [7, 11) is 1.79. The van der Waals surface area contributed by atoms with Gasteiger partial charge >= 0.3 is 0 Å². The van der Waals surface area contributed by atoms with Crippen LogP contribution >= 0.6 is 0 Å². The lowest BCUT2D eigenvalue weighted by Crippen LogP contribution is -2.25. The van der Waals surface area contributed by atoms with Crippen molar-refractivity contribution in [2.75, 3.05) is 7.11 Å². The molecule has 3 heteroatoms. The molecule has 1 aliphatic carbocycles. The Labute approximate surface area is 104 Å². The Morgan fingerprint density at radius 2 is 2.00 bits per heavy atom. The number of aromatic nitrogens is 2. The predicted molar refractivity (Wildman–Crippen MR) is 69.3 cm³/mol. The zero-order valence-electron chi connectivity index (χ0n) is 11.5. The molecular formula is C14H24N2O. The van der Waals surface area contributed by atoms with Crippen molar-refractivity contribution in [2.45, 2.75) is 65.0 Å². The van der Waals surface area contributed by atoms with Gasteiger partial charge in [-0.1, -0.05) is 0 Å². The second-order valence-electron chi connectivity index (χ2n) is 5.62. The summed E-state index contributed by atoms with van der Waals surface area (Å²) < 4.78 is 7.88. The summed E-state index contributed by atoms with van der Waals surface area (Å²) in [5.74, 6) is 1.17. The van der Waals surface area contributed by atoms with Crippen LogP contribution in [0.25, 0.3) is 0 Å². The molecule has 0 aromatic carbocycles. The Balaban J connectivity index is 2.13. The third-order valence-electron chi connectivity index (χ3n) is 3.91.